The van der Waals surface area contributed by atoms with Crippen molar-refractivity contribution >= 4 is 36.5 Å². The molecule has 7 heteroatoms. The van der Waals surface area contributed by atoms with E-state index < -0.39 is 12.0 Å². The predicted molar refractivity (Wildman–Crippen MR) is 75.9 cm³/mol. The molecule has 5 N–H and O–H groups in total. The first kappa shape index (κ1) is 19.2. The van der Waals surface area contributed by atoms with E-state index >= 15 is 0 Å². The van der Waals surface area contributed by atoms with Crippen LogP contribution in [0.2, 0.25) is 0 Å². The number of nitrogens with one attached hydrogen (secondary N) is 1. The summed E-state index contributed by atoms with van der Waals surface area (Å²) in [7, 11) is 0. The summed E-state index contributed by atoms with van der Waals surface area (Å²) in [6, 6.07) is 5.96. The van der Waals surface area contributed by atoms with Crippen molar-refractivity contribution < 1.29 is 15.0 Å². The van der Waals surface area contributed by atoms with Gasteiger partial charge in [0.1, 0.15) is 11.8 Å². The molecule has 0 saturated heterocycles. The first-order chi connectivity index (χ1) is 7.59. The van der Waals surface area contributed by atoms with Crippen molar-refractivity contribution in [3.8, 4) is 5.75 Å². The van der Waals surface area contributed by atoms with Crippen LogP contribution < -0.4 is 11.1 Å². The lowest BCUT2D eigenvalue weighted by Gasteiger charge is -2.08. The van der Waals surface area contributed by atoms with Gasteiger partial charge in [-0.15, -0.1) is 24.8 Å². The van der Waals surface area contributed by atoms with Crippen LogP contribution in [0.1, 0.15) is 12.8 Å². The van der Waals surface area contributed by atoms with Crippen LogP contribution in [0.5, 0.6) is 5.75 Å². The molecule has 0 aliphatic rings. The molecule has 1 aromatic rings. The summed E-state index contributed by atoms with van der Waals surface area (Å²) in [5.41, 5.74) is 6.16. The molecule has 0 aliphatic carbocycles. The van der Waals surface area contributed by atoms with E-state index in [2.05, 4.69) is 5.32 Å². The van der Waals surface area contributed by atoms with Gasteiger partial charge in [0.15, 0.2) is 0 Å². The Hall–Kier alpha value is -1.17. The monoisotopic (exact) mass is 296 g/mol. The van der Waals surface area contributed by atoms with E-state index in [9.17, 15) is 9.90 Å². The molecule has 1 rings (SSSR count). The van der Waals surface area contributed by atoms with Crippen molar-refractivity contribution in [3.05, 3.63) is 24.3 Å². The van der Waals surface area contributed by atoms with E-state index in [1.54, 1.807) is 18.2 Å². The number of phenols is 1. The Morgan fingerprint density at radius 2 is 2.06 bits per heavy atom. The average molecular weight is 297 g/mol. The van der Waals surface area contributed by atoms with Crippen LogP contribution in [0.3, 0.4) is 0 Å². The largest absolute Gasteiger partial charge is 0.508 e. The van der Waals surface area contributed by atoms with Crippen LogP contribution in [0.4, 0.5) is 5.69 Å². The van der Waals surface area contributed by atoms with Crippen molar-refractivity contribution in [2.24, 2.45) is 5.73 Å². The molecule has 5 nitrogen and oxygen atoms in total. The molecule has 0 unspecified atom stereocenters. The second-order valence-corrected chi connectivity index (χ2v) is 3.56. The fourth-order valence-electron chi connectivity index (χ4n) is 1.29. The maximum Gasteiger partial charge on any atom is 0.320 e. The minimum Gasteiger partial charge on any atom is -0.508 e. The van der Waals surface area contributed by atoms with E-state index in [4.69, 9.17) is 10.8 Å². The average Bonchev–Trinajstić information content (AvgIpc) is 2.24. The van der Waals surface area contributed by atoms with Crippen LogP contribution in [0.15, 0.2) is 24.3 Å². The van der Waals surface area contributed by atoms with Crippen LogP contribution in [0.25, 0.3) is 0 Å². The smallest absolute Gasteiger partial charge is 0.320 e. The third kappa shape index (κ3) is 7.21. The lowest BCUT2D eigenvalue weighted by Crippen LogP contribution is -2.30. The summed E-state index contributed by atoms with van der Waals surface area (Å²) < 4.78 is 0. The fourth-order valence-corrected chi connectivity index (χ4v) is 1.29. The van der Waals surface area contributed by atoms with E-state index in [1.165, 1.54) is 0 Å². The van der Waals surface area contributed by atoms with Gasteiger partial charge in [0.25, 0.3) is 0 Å². The number of benzene rings is 1. The number of carbonyl (C=O) groups is 1. The quantitative estimate of drug-likeness (QED) is 0.601. The molecule has 0 radical (unpaired) electrons. The standard InChI is InChI=1S/C11H16N2O3.2ClH/c12-10(11(15)16)5-2-6-13-8-3-1-4-9(14)7-8;;/h1,3-4,7,10,13-14H,2,5-6,12H2,(H,15,16);2*1H/t10-;;/m0../s1. The molecular formula is C11H18Cl2N2O3. The van der Waals surface area contributed by atoms with Crippen molar-refractivity contribution in [1.82, 2.24) is 0 Å². The summed E-state index contributed by atoms with van der Waals surface area (Å²) in [4.78, 5) is 10.4. The van der Waals surface area contributed by atoms with E-state index in [0.717, 1.165) is 5.69 Å². The number of halogens is 2. The summed E-state index contributed by atoms with van der Waals surface area (Å²) in [5.74, 6) is -0.774. The molecule has 0 fully saturated rings. The second-order valence-electron chi connectivity index (χ2n) is 3.56. The van der Waals surface area contributed by atoms with E-state index in [0.29, 0.717) is 19.4 Å². The van der Waals surface area contributed by atoms with Crippen LogP contribution in [0, 0.1) is 0 Å². The second kappa shape index (κ2) is 9.82. The van der Waals surface area contributed by atoms with Crippen molar-refractivity contribution in [1.29, 1.82) is 0 Å². The molecule has 0 aliphatic heterocycles. The minimum atomic E-state index is -0.975. The highest BCUT2D eigenvalue weighted by Crippen LogP contribution is 2.15. The lowest BCUT2D eigenvalue weighted by molar-refractivity contribution is -0.138. The molecule has 0 saturated carbocycles. The Labute approximate surface area is 118 Å². The normalized spacial score (nSPS) is 10.7. The zero-order valence-electron chi connectivity index (χ0n) is 9.70. The number of anilines is 1. The lowest BCUT2D eigenvalue weighted by atomic mass is 10.1. The SMILES string of the molecule is Cl.Cl.N[C@@H](CCCNc1cccc(O)c1)C(=O)O. The molecule has 0 spiro atoms. The first-order valence-corrected chi connectivity index (χ1v) is 5.11. The minimum absolute atomic E-state index is 0. The van der Waals surface area contributed by atoms with Gasteiger partial charge < -0.3 is 21.3 Å². The highest BCUT2D eigenvalue weighted by atomic mass is 35.5. The van der Waals surface area contributed by atoms with E-state index in [-0.39, 0.29) is 30.6 Å². The molecule has 1 aromatic carbocycles. The molecule has 0 aromatic heterocycles. The number of phenolic OH excluding ortho intramolecular Hbond substituents is 1. The number of carboxylic acids is 1. The Morgan fingerprint density at radius 3 is 2.61 bits per heavy atom. The predicted octanol–water partition coefficient (Wildman–Crippen LogP) is 1.84. The number of hydrogen-bond acceptors (Lipinski definition) is 4. The number of aliphatic carboxylic acids is 1. The zero-order chi connectivity index (χ0) is 12.0. The van der Waals surface area contributed by atoms with Crippen molar-refractivity contribution in [2.45, 2.75) is 18.9 Å². The van der Waals surface area contributed by atoms with Gasteiger partial charge in [0, 0.05) is 18.3 Å². The highest BCUT2D eigenvalue weighted by Gasteiger charge is 2.09. The van der Waals surface area contributed by atoms with Gasteiger partial charge >= 0.3 is 5.97 Å². The highest BCUT2D eigenvalue weighted by molar-refractivity contribution is 5.85. The van der Waals surface area contributed by atoms with E-state index in [1.807, 2.05) is 6.07 Å². The first-order valence-electron chi connectivity index (χ1n) is 5.11. The van der Waals surface area contributed by atoms with Gasteiger partial charge in [-0.2, -0.15) is 0 Å². The van der Waals surface area contributed by atoms with Gasteiger partial charge in [-0.1, -0.05) is 6.07 Å². The third-order valence-corrected chi connectivity index (χ3v) is 2.18. The Bertz CT molecular complexity index is 364. The zero-order valence-corrected chi connectivity index (χ0v) is 11.3. The molecular weight excluding hydrogens is 279 g/mol. The van der Waals surface area contributed by atoms with Gasteiger partial charge in [-0.25, -0.2) is 0 Å². The number of aromatic hydroxyl groups is 1. The molecule has 0 heterocycles. The Balaban J connectivity index is 0. The maximum absolute atomic E-state index is 10.4. The Kier molecular flexibility index (Phi) is 10.5. The number of carboxylic acid groups (broad SMARTS) is 1. The molecule has 104 valence electrons. The van der Waals surface area contributed by atoms with Crippen LogP contribution >= 0.6 is 24.8 Å². The molecule has 1 atom stereocenters. The van der Waals surface area contributed by atoms with Gasteiger partial charge in [-0.05, 0) is 25.0 Å². The Morgan fingerprint density at radius 1 is 1.39 bits per heavy atom. The topological polar surface area (TPSA) is 95.6 Å². The number of hydrogen-bond donors (Lipinski definition) is 4. The fraction of sp³-hybridized carbons (Fsp3) is 0.364. The van der Waals surface area contributed by atoms with Gasteiger partial charge in [-0.3, -0.25) is 4.79 Å². The van der Waals surface area contributed by atoms with Crippen LogP contribution in [-0.2, 0) is 4.79 Å². The number of nitrogens with two attached hydrogens (primary N) is 1. The summed E-state index contributed by atoms with van der Waals surface area (Å²) in [6.45, 7) is 0.629. The van der Waals surface area contributed by atoms with Gasteiger partial charge in [0.2, 0.25) is 0 Å². The summed E-state index contributed by atoms with van der Waals surface area (Å²) in [6.07, 6.45) is 1.10. The van der Waals surface area contributed by atoms with Crippen molar-refractivity contribution in [2.75, 3.05) is 11.9 Å². The van der Waals surface area contributed by atoms with Gasteiger partial charge in [0.05, 0.1) is 0 Å². The third-order valence-electron chi connectivity index (χ3n) is 2.18. The summed E-state index contributed by atoms with van der Waals surface area (Å²) >= 11 is 0. The maximum atomic E-state index is 10.4. The van der Waals surface area contributed by atoms with Crippen molar-refractivity contribution in [3.63, 3.8) is 0 Å². The number of rotatable bonds is 6. The molecule has 18 heavy (non-hydrogen) atoms. The molecule has 0 amide bonds. The summed E-state index contributed by atoms with van der Waals surface area (Å²) in [5, 5.41) is 20.8. The molecule has 0 bridgehead atoms. The van der Waals surface area contributed by atoms with Crippen LogP contribution in [-0.4, -0.2) is 28.8 Å².